The Bertz CT molecular complexity index is 781. The van der Waals surface area contributed by atoms with Gasteiger partial charge in [-0.25, -0.2) is 4.79 Å². The van der Waals surface area contributed by atoms with Crippen molar-refractivity contribution in [3.63, 3.8) is 0 Å². The van der Waals surface area contributed by atoms with Crippen molar-refractivity contribution in [1.82, 2.24) is 20.4 Å². The van der Waals surface area contributed by atoms with E-state index in [9.17, 15) is 14.4 Å². The van der Waals surface area contributed by atoms with Crippen LogP contribution in [-0.4, -0.2) is 45.4 Å². The molecule has 0 radical (unpaired) electrons. The van der Waals surface area contributed by atoms with Crippen LogP contribution in [0.15, 0.2) is 12.4 Å². The summed E-state index contributed by atoms with van der Waals surface area (Å²) in [5, 5.41) is 12.9. The van der Waals surface area contributed by atoms with E-state index in [0.29, 0.717) is 18.2 Å². The van der Waals surface area contributed by atoms with E-state index in [4.69, 9.17) is 4.74 Å². The monoisotopic (exact) mass is 433 g/mol. The van der Waals surface area contributed by atoms with Crippen molar-refractivity contribution in [2.24, 2.45) is 5.92 Å². The second kappa shape index (κ2) is 10.2. The van der Waals surface area contributed by atoms with E-state index in [-0.39, 0.29) is 30.3 Å². The third-order valence-electron chi connectivity index (χ3n) is 5.45. The van der Waals surface area contributed by atoms with Crippen molar-refractivity contribution in [2.45, 2.75) is 96.4 Å². The molecule has 0 saturated heterocycles. The highest BCUT2D eigenvalue weighted by Gasteiger charge is 2.32. The molecule has 2 fully saturated rings. The molecule has 1 heterocycles. The number of carbonyl (C=O) groups is 3. The summed E-state index contributed by atoms with van der Waals surface area (Å²) < 4.78 is 6.91. The third-order valence-corrected chi connectivity index (χ3v) is 5.45. The number of alkyl carbamates (subject to hydrolysis) is 1. The smallest absolute Gasteiger partial charge is 0.407 e. The summed E-state index contributed by atoms with van der Waals surface area (Å²) in [6, 6.07) is 0.0190. The van der Waals surface area contributed by atoms with Gasteiger partial charge >= 0.3 is 6.09 Å². The maximum absolute atomic E-state index is 13.1. The molecule has 2 saturated carbocycles. The maximum Gasteiger partial charge on any atom is 0.407 e. The van der Waals surface area contributed by atoms with Gasteiger partial charge in [0.2, 0.25) is 11.8 Å². The van der Waals surface area contributed by atoms with E-state index >= 15 is 0 Å². The first-order valence-corrected chi connectivity index (χ1v) is 11.3. The predicted molar refractivity (Wildman–Crippen MR) is 116 cm³/mol. The first-order valence-electron chi connectivity index (χ1n) is 11.3. The fourth-order valence-electron chi connectivity index (χ4n) is 3.83. The molecular weight excluding hydrogens is 398 g/mol. The molecule has 172 valence electrons. The van der Waals surface area contributed by atoms with Gasteiger partial charge in [-0.15, -0.1) is 0 Å². The van der Waals surface area contributed by atoms with Gasteiger partial charge in [-0.2, -0.15) is 5.10 Å². The number of amides is 3. The minimum absolute atomic E-state index is 0.0786. The van der Waals surface area contributed by atoms with Crippen LogP contribution in [0.25, 0.3) is 0 Å². The summed E-state index contributed by atoms with van der Waals surface area (Å²) in [5.41, 5.74) is -0.0496. The molecule has 0 aromatic carbocycles. The lowest BCUT2D eigenvalue weighted by atomic mass is 9.86. The molecule has 2 aliphatic carbocycles. The van der Waals surface area contributed by atoms with Gasteiger partial charge in [0.05, 0.1) is 17.8 Å². The topological polar surface area (TPSA) is 114 Å². The molecule has 0 spiro atoms. The molecule has 2 atom stereocenters. The number of nitrogens with zero attached hydrogens (tertiary/aromatic N) is 2. The summed E-state index contributed by atoms with van der Waals surface area (Å²) in [6.45, 7) is 5.57. The van der Waals surface area contributed by atoms with E-state index in [0.717, 1.165) is 44.9 Å². The molecule has 31 heavy (non-hydrogen) atoms. The maximum atomic E-state index is 13.1. The van der Waals surface area contributed by atoms with Crippen molar-refractivity contribution in [3.05, 3.63) is 12.4 Å². The van der Waals surface area contributed by atoms with Crippen LogP contribution in [0, 0.1) is 5.92 Å². The summed E-state index contributed by atoms with van der Waals surface area (Å²) in [5.74, 6) is -0.579. The molecule has 2 aliphatic rings. The van der Waals surface area contributed by atoms with Crippen molar-refractivity contribution < 1.29 is 19.1 Å². The van der Waals surface area contributed by atoms with Crippen LogP contribution < -0.4 is 16.0 Å². The van der Waals surface area contributed by atoms with Crippen LogP contribution in [0.4, 0.5) is 10.5 Å². The minimum atomic E-state index is -0.593. The zero-order chi connectivity index (χ0) is 22.4. The minimum Gasteiger partial charge on any atom is -0.444 e. The van der Waals surface area contributed by atoms with Gasteiger partial charge in [-0.05, 0) is 46.5 Å². The van der Waals surface area contributed by atoms with Crippen LogP contribution in [0.5, 0.6) is 0 Å². The third kappa shape index (κ3) is 7.88. The molecule has 9 heteroatoms. The van der Waals surface area contributed by atoms with E-state index < -0.39 is 11.7 Å². The standard InChI is InChI=1S/C22H35N5O4/c1-22(2,3)31-21(30)26-18-9-7-5-4-6-8-17(18)20(29)25-16-12-23-27(13-16)14-19(28)24-15-10-11-15/h12-13,15,17-18H,4-11,14H2,1-3H3,(H,24,28)(H,25,29)(H,26,30)/t17-,18-/m0/s1. The lowest BCUT2D eigenvalue weighted by molar-refractivity contribution is -0.122. The highest BCUT2D eigenvalue weighted by Crippen LogP contribution is 2.25. The Morgan fingerprint density at radius 3 is 2.45 bits per heavy atom. The molecule has 9 nitrogen and oxygen atoms in total. The van der Waals surface area contributed by atoms with Gasteiger partial charge in [-0.1, -0.05) is 25.7 Å². The molecule has 0 aliphatic heterocycles. The van der Waals surface area contributed by atoms with Gasteiger partial charge < -0.3 is 20.7 Å². The molecule has 3 amide bonds. The molecule has 3 N–H and O–H groups in total. The summed E-state index contributed by atoms with van der Waals surface area (Å²) in [4.78, 5) is 37.3. The Morgan fingerprint density at radius 1 is 1.06 bits per heavy atom. The van der Waals surface area contributed by atoms with E-state index in [1.54, 1.807) is 12.4 Å². The van der Waals surface area contributed by atoms with Crippen molar-refractivity contribution in [1.29, 1.82) is 0 Å². The summed E-state index contributed by atoms with van der Waals surface area (Å²) in [6.07, 6.45) is 10.3. The number of nitrogens with one attached hydrogen (secondary N) is 3. The Morgan fingerprint density at radius 2 is 1.77 bits per heavy atom. The normalized spacial score (nSPS) is 22.0. The second-order valence-electron chi connectivity index (χ2n) is 9.61. The first-order chi connectivity index (χ1) is 14.7. The van der Waals surface area contributed by atoms with Crippen molar-refractivity contribution >= 4 is 23.6 Å². The zero-order valence-electron chi connectivity index (χ0n) is 18.8. The van der Waals surface area contributed by atoms with Crippen LogP contribution in [0.3, 0.4) is 0 Å². The van der Waals surface area contributed by atoms with E-state index in [1.807, 2.05) is 20.8 Å². The number of aromatic nitrogens is 2. The lowest BCUT2D eigenvalue weighted by Gasteiger charge is -2.30. The van der Waals surface area contributed by atoms with E-state index in [2.05, 4.69) is 21.0 Å². The van der Waals surface area contributed by atoms with Crippen molar-refractivity contribution in [2.75, 3.05) is 5.32 Å². The van der Waals surface area contributed by atoms with E-state index in [1.165, 1.54) is 4.68 Å². The number of rotatable bonds is 6. The molecule has 1 aromatic rings. The zero-order valence-corrected chi connectivity index (χ0v) is 18.8. The second-order valence-corrected chi connectivity index (χ2v) is 9.61. The number of hydrogen-bond acceptors (Lipinski definition) is 5. The lowest BCUT2D eigenvalue weighted by Crippen LogP contribution is -2.47. The average molecular weight is 434 g/mol. The molecule has 0 bridgehead atoms. The molecule has 1 aromatic heterocycles. The molecule has 3 rings (SSSR count). The Labute approximate surface area is 183 Å². The largest absolute Gasteiger partial charge is 0.444 e. The first kappa shape index (κ1) is 23.1. The number of anilines is 1. The van der Waals surface area contributed by atoms with Gasteiger partial charge in [-0.3, -0.25) is 14.3 Å². The average Bonchev–Trinajstić information content (AvgIpc) is 3.33. The number of carbonyl (C=O) groups excluding carboxylic acids is 3. The van der Waals surface area contributed by atoms with Gasteiger partial charge in [0, 0.05) is 18.3 Å². The Kier molecular flexibility index (Phi) is 7.56. The molecular formula is C22H35N5O4. The van der Waals surface area contributed by atoms with Crippen LogP contribution in [-0.2, 0) is 20.9 Å². The Hall–Kier alpha value is -2.58. The van der Waals surface area contributed by atoms with Gasteiger partial charge in [0.15, 0.2) is 0 Å². The summed E-state index contributed by atoms with van der Waals surface area (Å²) >= 11 is 0. The fraction of sp³-hybridized carbons (Fsp3) is 0.727. The highest BCUT2D eigenvalue weighted by molar-refractivity contribution is 5.93. The predicted octanol–water partition coefficient (Wildman–Crippen LogP) is 2.96. The SMILES string of the molecule is CC(C)(C)OC(=O)N[C@H]1CCCCCC[C@@H]1C(=O)Nc1cnn(CC(=O)NC2CC2)c1. The van der Waals surface area contributed by atoms with Gasteiger partial charge in [0.25, 0.3) is 0 Å². The van der Waals surface area contributed by atoms with Crippen LogP contribution in [0.2, 0.25) is 0 Å². The van der Waals surface area contributed by atoms with Crippen LogP contribution >= 0.6 is 0 Å². The number of hydrogen-bond donors (Lipinski definition) is 3. The molecule has 0 unspecified atom stereocenters. The quantitative estimate of drug-likeness (QED) is 0.638. The van der Waals surface area contributed by atoms with Crippen LogP contribution in [0.1, 0.15) is 72.1 Å². The van der Waals surface area contributed by atoms with Gasteiger partial charge in [0.1, 0.15) is 12.1 Å². The Balaban J connectivity index is 1.59. The highest BCUT2D eigenvalue weighted by atomic mass is 16.6. The fourth-order valence-corrected chi connectivity index (χ4v) is 3.83. The summed E-state index contributed by atoms with van der Waals surface area (Å²) in [7, 11) is 0. The number of ether oxygens (including phenoxy) is 1. The van der Waals surface area contributed by atoms with Crippen molar-refractivity contribution in [3.8, 4) is 0 Å².